The van der Waals surface area contributed by atoms with Gasteiger partial charge in [0.1, 0.15) is 36.6 Å². The SMILES string of the molecule is CN[C@@H](C)C(=O)N[C@H](C(=O)N1CCC[C@H]1C(=O)Nc1cc2c(Nc3cccc(Cl)c3F)ncnc2cc1OCCOC)C(C)(C)C. The van der Waals surface area contributed by atoms with Crippen molar-refractivity contribution in [2.24, 2.45) is 5.41 Å². The second kappa shape index (κ2) is 15.0. The molecule has 1 aromatic heterocycles. The number of likely N-dealkylation sites (N-methyl/N-ethyl adjacent to an activating group) is 1. The molecule has 12 nitrogen and oxygen atoms in total. The van der Waals surface area contributed by atoms with Gasteiger partial charge in [0.05, 0.1) is 34.6 Å². The average molecular weight is 658 g/mol. The number of halogens is 2. The van der Waals surface area contributed by atoms with Gasteiger partial charge in [0, 0.05) is 25.1 Å². The molecule has 3 atom stereocenters. The van der Waals surface area contributed by atoms with Crippen molar-refractivity contribution < 1.29 is 28.2 Å². The van der Waals surface area contributed by atoms with E-state index in [0.717, 1.165) is 0 Å². The van der Waals surface area contributed by atoms with Crippen LogP contribution in [0.25, 0.3) is 10.9 Å². The maximum Gasteiger partial charge on any atom is 0.247 e. The molecule has 4 N–H and O–H groups in total. The zero-order valence-electron chi connectivity index (χ0n) is 26.9. The molecular formula is C32H41ClFN7O5. The number of anilines is 3. The Labute approximate surface area is 272 Å². The molecule has 1 saturated heterocycles. The molecule has 46 heavy (non-hydrogen) atoms. The first-order chi connectivity index (χ1) is 21.8. The molecule has 0 unspecified atom stereocenters. The first-order valence-electron chi connectivity index (χ1n) is 15.1. The lowest BCUT2D eigenvalue weighted by molar-refractivity contribution is -0.143. The Morgan fingerprint density at radius 3 is 2.61 bits per heavy atom. The monoisotopic (exact) mass is 657 g/mol. The molecule has 1 aliphatic rings. The Bertz CT molecular complexity index is 1580. The molecule has 2 heterocycles. The first-order valence-corrected chi connectivity index (χ1v) is 15.4. The van der Waals surface area contributed by atoms with E-state index in [-0.39, 0.29) is 34.9 Å². The van der Waals surface area contributed by atoms with E-state index in [1.807, 2.05) is 20.8 Å². The number of hydrogen-bond acceptors (Lipinski definition) is 9. The minimum atomic E-state index is -0.851. The van der Waals surface area contributed by atoms with Crippen LogP contribution in [0.1, 0.15) is 40.5 Å². The molecule has 4 rings (SSSR count). The molecule has 3 amide bonds. The Hall–Kier alpha value is -4.07. The van der Waals surface area contributed by atoms with Gasteiger partial charge in [0.25, 0.3) is 0 Å². The van der Waals surface area contributed by atoms with Crippen LogP contribution in [0.15, 0.2) is 36.7 Å². The lowest BCUT2D eigenvalue weighted by atomic mass is 9.85. The molecule has 1 aliphatic heterocycles. The molecule has 0 saturated carbocycles. The zero-order valence-corrected chi connectivity index (χ0v) is 27.6. The summed E-state index contributed by atoms with van der Waals surface area (Å²) in [4.78, 5) is 50.7. The topological polar surface area (TPSA) is 147 Å². The third kappa shape index (κ3) is 8.01. The molecule has 1 fully saturated rings. The van der Waals surface area contributed by atoms with E-state index >= 15 is 0 Å². The highest BCUT2D eigenvalue weighted by Crippen LogP contribution is 2.35. The number of aromatic nitrogens is 2. The fourth-order valence-corrected chi connectivity index (χ4v) is 5.27. The number of benzene rings is 2. The molecule has 248 valence electrons. The van der Waals surface area contributed by atoms with E-state index in [4.69, 9.17) is 21.1 Å². The summed E-state index contributed by atoms with van der Waals surface area (Å²) in [7, 11) is 3.21. The average Bonchev–Trinajstić information content (AvgIpc) is 3.52. The number of amides is 3. The number of rotatable bonds is 12. The van der Waals surface area contributed by atoms with Crippen molar-refractivity contribution in [2.75, 3.05) is 44.5 Å². The van der Waals surface area contributed by atoms with Crippen LogP contribution in [0.5, 0.6) is 5.75 Å². The zero-order chi connectivity index (χ0) is 33.6. The summed E-state index contributed by atoms with van der Waals surface area (Å²) in [5, 5.41) is 12.1. The van der Waals surface area contributed by atoms with Crippen molar-refractivity contribution in [3.63, 3.8) is 0 Å². The summed E-state index contributed by atoms with van der Waals surface area (Å²) in [5.74, 6) is -1.10. The maximum atomic E-state index is 14.7. The van der Waals surface area contributed by atoms with E-state index in [9.17, 15) is 18.8 Å². The van der Waals surface area contributed by atoms with Crippen molar-refractivity contribution in [1.29, 1.82) is 0 Å². The van der Waals surface area contributed by atoms with Gasteiger partial charge < -0.3 is 35.6 Å². The minimum Gasteiger partial charge on any atom is -0.489 e. The molecule has 3 aromatic rings. The molecule has 0 spiro atoms. The fraction of sp³-hybridized carbons (Fsp3) is 0.469. The molecule has 14 heteroatoms. The largest absolute Gasteiger partial charge is 0.489 e. The van der Waals surface area contributed by atoms with E-state index in [1.165, 1.54) is 23.4 Å². The predicted octanol–water partition coefficient (Wildman–Crippen LogP) is 4.26. The summed E-state index contributed by atoms with van der Waals surface area (Å²) >= 11 is 5.97. The van der Waals surface area contributed by atoms with Gasteiger partial charge in [-0.25, -0.2) is 14.4 Å². The lowest BCUT2D eigenvalue weighted by Gasteiger charge is -2.36. The second-order valence-electron chi connectivity index (χ2n) is 12.2. The number of methoxy groups -OCH3 is 1. The van der Waals surface area contributed by atoms with Gasteiger partial charge in [-0.1, -0.05) is 38.4 Å². The highest BCUT2D eigenvalue weighted by molar-refractivity contribution is 6.31. The lowest BCUT2D eigenvalue weighted by Crippen LogP contribution is -2.59. The summed E-state index contributed by atoms with van der Waals surface area (Å²) in [6.45, 7) is 8.17. The van der Waals surface area contributed by atoms with Crippen LogP contribution in [0.3, 0.4) is 0 Å². The van der Waals surface area contributed by atoms with E-state index < -0.39 is 35.3 Å². The number of hydrogen-bond donors (Lipinski definition) is 4. The Balaban J connectivity index is 1.65. The van der Waals surface area contributed by atoms with Gasteiger partial charge in [0.15, 0.2) is 5.82 Å². The quantitative estimate of drug-likeness (QED) is 0.210. The molecule has 0 radical (unpaired) electrons. The van der Waals surface area contributed by atoms with Crippen molar-refractivity contribution in [3.05, 3.63) is 47.5 Å². The van der Waals surface area contributed by atoms with Crippen LogP contribution in [-0.2, 0) is 19.1 Å². The van der Waals surface area contributed by atoms with Crippen molar-refractivity contribution >= 4 is 57.4 Å². The van der Waals surface area contributed by atoms with E-state index in [1.54, 1.807) is 39.3 Å². The number of fused-ring (bicyclic) bond motifs is 1. The van der Waals surface area contributed by atoms with Crippen LogP contribution in [0.2, 0.25) is 5.02 Å². The standard InChI is InChI=1S/C32H41ClFN7O5/c1-18(35-5)29(42)40-27(32(2,3)4)31(44)41-12-8-11-24(41)30(43)39-23-15-19-22(16-25(23)46-14-13-45-6)36-17-37-28(19)38-21-10-7-9-20(33)26(21)34/h7,9-10,15-18,24,27,35H,8,11-14H2,1-6H3,(H,39,43)(H,40,42)(H,36,37,38)/t18-,24-,27+/m0/s1. The normalized spacial score (nSPS) is 16.2. The summed E-state index contributed by atoms with van der Waals surface area (Å²) in [6.07, 6.45) is 2.38. The third-order valence-corrected chi connectivity index (χ3v) is 8.10. The number of carbonyl (C=O) groups is 3. The van der Waals surface area contributed by atoms with E-state index in [2.05, 4.69) is 31.2 Å². The van der Waals surface area contributed by atoms with Gasteiger partial charge >= 0.3 is 0 Å². The van der Waals surface area contributed by atoms with Crippen LogP contribution >= 0.6 is 11.6 Å². The Kier molecular flexibility index (Phi) is 11.4. The fourth-order valence-electron chi connectivity index (χ4n) is 5.10. The predicted molar refractivity (Wildman–Crippen MR) is 175 cm³/mol. The van der Waals surface area contributed by atoms with Gasteiger partial charge in [0.2, 0.25) is 17.7 Å². The van der Waals surface area contributed by atoms with Crippen LogP contribution < -0.4 is 26.0 Å². The maximum absolute atomic E-state index is 14.7. The second-order valence-corrected chi connectivity index (χ2v) is 12.6. The van der Waals surface area contributed by atoms with Crippen LogP contribution in [0.4, 0.5) is 21.6 Å². The highest BCUT2D eigenvalue weighted by atomic mass is 35.5. The molecular weight excluding hydrogens is 617 g/mol. The van der Waals surface area contributed by atoms with Gasteiger partial charge in [-0.15, -0.1) is 0 Å². The summed E-state index contributed by atoms with van der Waals surface area (Å²) in [6, 6.07) is 5.72. The smallest absolute Gasteiger partial charge is 0.247 e. The van der Waals surface area contributed by atoms with Crippen molar-refractivity contribution in [3.8, 4) is 5.75 Å². The van der Waals surface area contributed by atoms with Crippen LogP contribution in [0, 0.1) is 11.2 Å². The number of carbonyl (C=O) groups excluding carboxylic acids is 3. The highest BCUT2D eigenvalue weighted by Gasteiger charge is 2.42. The molecule has 0 bridgehead atoms. The Morgan fingerprint density at radius 2 is 1.91 bits per heavy atom. The Morgan fingerprint density at radius 1 is 1.15 bits per heavy atom. The summed E-state index contributed by atoms with van der Waals surface area (Å²) < 4.78 is 25.8. The molecule has 0 aliphatic carbocycles. The number of likely N-dealkylation sites (tertiary alicyclic amines) is 1. The minimum absolute atomic E-state index is 0.0504. The molecule has 2 aromatic carbocycles. The van der Waals surface area contributed by atoms with Crippen molar-refractivity contribution in [2.45, 2.75) is 58.7 Å². The van der Waals surface area contributed by atoms with Gasteiger partial charge in [-0.2, -0.15) is 0 Å². The number of ether oxygens (including phenoxy) is 2. The third-order valence-electron chi connectivity index (χ3n) is 7.81. The first kappa shape index (κ1) is 34.8. The van der Waals surface area contributed by atoms with Gasteiger partial charge in [-0.05, 0) is 50.4 Å². The van der Waals surface area contributed by atoms with Gasteiger partial charge in [-0.3, -0.25) is 14.4 Å². The van der Waals surface area contributed by atoms with E-state index in [0.29, 0.717) is 48.3 Å². The number of nitrogens with zero attached hydrogens (tertiary/aromatic N) is 3. The van der Waals surface area contributed by atoms with Crippen LogP contribution in [-0.4, -0.2) is 84.6 Å². The number of nitrogens with one attached hydrogen (secondary N) is 4. The van der Waals surface area contributed by atoms with Crippen molar-refractivity contribution in [1.82, 2.24) is 25.5 Å². The summed E-state index contributed by atoms with van der Waals surface area (Å²) in [5.41, 5.74) is 0.280.